The minimum absolute atomic E-state index is 0.00685. The van der Waals surface area contributed by atoms with E-state index >= 15 is 0 Å². The number of sulfone groups is 1. The van der Waals surface area contributed by atoms with Gasteiger partial charge >= 0.3 is 6.03 Å². The van der Waals surface area contributed by atoms with Crippen molar-refractivity contribution in [1.29, 1.82) is 0 Å². The Labute approximate surface area is 166 Å². The number of amides is 2. The van der Waals surface area contributed by atoms with Crippen molar-refractivity contribution in [2.45, 2.75) is 32.4 Å². The molecule has 1 aliphatic heterocycles. The quantitative estimate of drug-likeness (QED) is 0.766. The minimum atomic E-state index is -3.10. The first kappa shape index (κ1) is 20.2. The Kier molecular flexibility index (Phi) is 6.57. The van der Waals surface area contributed by atoms with Gasteiger partial charge in [-0.25, -0.2) is 13.2 Å². The molecule has 1 heterocycles. The summed E-state index contributed by atoms with van der Waals surface area (Å²) >= 11 is 0. The largest absolute Gasteiger partial charge is 0.494 e. The summed E-state index contributed by atoms with van der Waals surface area (Å²) in [4.78, 5) is 14.5. The van der Waals surface area contributed by atoms with Crippen LogP contribution in [0.3, 0.4) is 0 Å². The van der Waals surface area contributed by atoms with E-state index in [9.17, 15) is 13.2 Å². The first-order valence-corrected chi connectivity index (χ1v) is 11.3. The maximum atomic E-state index is 12.9. The SMILES string of the molecule is CCCOc1ccc(CN(C(=O)Nc2ccccc2)C2CCS(=O)(=O)C2)cc1. The van der Waals surface area contributed by atoms with Gasteiger partial charge in [0, 0.05) is 18.3 Å². The van der Waals surface area contributed by atoms with Gasteiger partial charge < -0.3 is 15.0 Å². The maximum absolute atomic E-state index is 12.9. The Balaban J connectivity index is 1.75. The number of ether oxygens (including phenoxy) is 1. The maximum Gasteiger partial charge on any atom is 0.322 e. The fraction of sp³-hybridized carbons (Fsp3) is 0.381. The molecular weight excluding hydrogens is 376 g/mol. The van der Waals surface area contributed by atoms with Gasteiger partial charge in [-0.2, -0.15) is 0 Å². The van der Waals surface area contributed by atoms with Crippen molar-refractivity contribution in [3.63, 3.8) is 0 Å². The zero-order valence-corrected chi connectivity index (χ0v) is 16.8. The molecule has 1 unspecified atom stereocenters. The fourth-order valence-electron chi connectivity index (χ4n) is 3.21. The monoisotopic (exact) mass is 402 g/mol. The number of benzene rings is 2. The van der Waals surface area contributed by atoms with Crippen LogP contribution in [-0.2, 0) is 16.4 Å². The standard InChI is InChI=1S/C21H26N2O4S/c1-2-13-27-20-10-8-17(9-11-20)15-23(19-12-14-28(25,26)16-19)21(24)22-18-6-4-3-5-7-18/h3-11,19H,2,12-16H2,1H3,(H,22,24). The van der Waals surface area contributed by atoms with Crippen LogP contribution in [0.2, 0.25) is 0 Å². The highest BCUT2D eigenvalue weighted by Gasteiger charge is 2.34. The second kappa shape index (κ2) is 9.10. The normalized spacial score (nSPS) is 17.8. The van der Waals surface area contributed by atoms with Crippen LogP contribution >= 0.6 is 0 Å². The molecule has 0 spiro atoms. The first-order chi connectivity index (χ1) is 13.5. The predicted octanol–water partition coefficient (Wildman–Crippen LogP) is 3.70. The molecular formula is C21H26N2O4S. The second-order valence-electron chi connectivity index (χ2n) is 6.97. The summed E-state index contributed by atoms with van der Waals surface area (Å²) in [6.07, 6.45) is 1.40. The first-order valence-electron chi connectivity index (χ1n) is 9.51. The Morgan fingerprint density at radius 1 is 1.14 bits per heavy atom. The van der Waals surface area contributed by atoms with Crippen LogP contribution in [0.5, 0.6) is 5.75 Å². The topological polar surface area (TPSA) is 75.7 Å². The molecule has 0 aromatic heterocycles. The third-order valence-corrected chi connectivity index (χ3v) is 6.43. The van der Waals surface area contributed by atoms with Crippen LogP contribution in [-0.4, -0.2) is 43.5 Å². The molecule has 2 amide bonds. The molecule has 0 saturated carbocycles. The Morgan fingerprint density at radius 3 is 2.46 bits per heavy atom. The van der Waals surface area contributed by atoms with Crippen LogP contribution < -0.4 is 10.1 Å². The highest BCUT2D eigenvalue weighted by atomic mass is 32.2. The summed E-state index contributed by atoms with van der Waals surface area (Å²) in [5.74, 6) is 0.915. The van der Waals surface area contributed by atoms with E-state index in [0.29, 0.717) is 25.3 Å². The molecule has 2 aromatic carbocycles. The van der Waals surface area contributed by atoms with E-state index in [0.717, 1.165) is 17.7 Å². The zero-order valence-electron chi connectivity index (χ0n) is 16.0. The molecule has 1 fully saturated rings. The molecule has 0 aliphatic carbocycles. The number of anilines is 1. The molecule has 6 nitrogen and oxygen atoms in total. The molecule has 1 N–H and O–H groups in total. The van der Waals surface area contributed by atoms with Gasteiger partial charge in [-0.1, -0.05) is 37.3 Å². The van der Waals surface area contributed by atoms with Crippen LogP contribution in [0.15, 0.2) is 54.6 Å². The van der Waals surface area contributed by atoms with Crippen molar-refractivity contribution in [2.24, 2.45) is 0 Å². The van der Waals surface area contributed by atoms with Crippen LogP contribution in [0.1, 0.15) is 25.3 Å². The fourth-order valence-corrected chi connectivity index (χ4v) is 4.94. The zero-order chi connectivity index (χ0) is 20.0. The lowest BCUT2D eigenvalue weighted by Gasteiger charge is -2.28. The lowest BCUT2D eigenvalue weighted by Crippen LogP contribution is -2.43. The molecule has 2 aromatic rings. The predicted molar refractivity (Wildman–Crippen MR) is 110 cm³/mol. The van der Waals surface area contributed by atoms with Crippen molar-refractivity contribution >= 4 is 21.6 Å². The van der Waals surface area contributed by atoms with Gasteiger partial charge in [-0.3, -0.25) is 0 Å². The van der Waals surface area contributed by atoms with Crippen LogP contribution in [0.4, 0.5) is 10.5 Å². The highest BCUT2D eigenvalue weighted by Crippen LogP contribution is 2.22. The lowest BCUT2D eigenvalue weighted by atomic mass is 10.1. The molecule has 28 heavy (non-hydrogen) atoms. The van der Waals surface area contributed by atoms with Gasteiger partial charge in [0.1, 0.15) is 5.75 Å². The lowest BCUT2D eigenvalue weighted by molar-refractivity contribution is 0.190. The van der Waals surface area contributed by atoms with E-state index in [-0.39, 0.29) is 23.6 Å². The number of nitrogens with zero attached hydrogens (tertiary/aromatic N) is 1. The number of hydrogen-bond donors (Lipinski definition) is 1. The molecule has 1 saturated heterocycles. The molecule has 3 rings (SSSR count). The Morgan fingerprint density at radius 2 is 1.86 bits per heavy atom. The van der Waals surface area contributed by atoms with E-state index in [1.165, 1.54) is 0 Å². The van der Waals surface area contributed by atoms with Gasteiger partial charge in [-0.15, -0.1) is 0 Å². The second-order valence-corrected chi connectivity index (χ2v) is 9.20. The third kappa shape index (κ3) is 5.48. The summed E-state index contributed by atoms with van der Waals surface area (Å²) in [7, 11) is -3.10. The van der Waals surface area contributed by atoms with Crippen LogP contribution in [0.25, 0.3) is 0 Å². The van der Waals surface area contributed by atoms with Crippen molar-refractivity contribution in [1.82, 2.24) is 4.90 Å². The number of carbonyl (C=O) groups excluding carboxylic acids is 1. The third-order valence-electron chi connectivity index (χ3n) is 4.68. The Hall–Kier alpha value is -2.54. The highest BCUT2D eigenvalue weighted by molar-refractivity contribution is 7.91. The number of nitrogens with one attached hydrogen (secondary N) is 1. The van der Waals surface area contributed by atoms with E-state index in [1.807, 2.05) is 49.4 Å². The van der Waals surface area contributed by atoms with E-state index in [1.54, 1.807) is 17.0 Å². The van der Waals surface area contributed by atoms with Gasteiger partial charge in [0.25, 0.3) is 0 Å². The van der Waals surface area contributed by atoms with E-state index in [2.05, 4.69) is 5.32 Å². The van der Waals surface area contributed by atoms with Gasteiger partial charge in [0.15, 0.2) is 9.84 Å². The van der Waals surface area contributed by atoms with E-state index < -0.39 is 9.84 Å². The molecule has 0 bridgehead atoms. The van der Waals surface area contributed by atoms with Crippen molar-refractivity contribution in [3.05, 3.63) is 60.2 Å². The Bertz CT molecular complexity index is 882. The summed E-state index contributed by atoms with van der Waals surface area (Å²) in [5.41, 5.74) is 1.61. The molecule has 1 atom stereocenters. The van der Waals surface area contributed by atoms with Crippen LogP contribution in [0, 0.1) is 0 Å². The van der Waals surface area contributed by atoms with Crippen molar-refractivity contribution in [3.8, 4) is 5.75 Å². The summed E-state index contributed by atoms with van der Waals surface area (Å²) < 4.78 is 29.5. The van der Waals surface area contributed by atoms with Crippen molar-refractivity contribution in [2.75, 3.05) is 23.4 Å². The summed E-state index contributed by atoms with van der Waals surface area (Å²) in [5, 5.41) is 2.87. The van der Waals surface area contributed by atoms with E-state index in [4.69, 9.17) is 4.74 Å². The number of hydrogen-bond acceptors (Lipinski definition) is 4. The van der Waals surface area contributed by atoms with Gasteiger partial charge in [0.2, 0.25) is 0 Å². The molecule has 1 aliphatic rings. The minimum Gasteiger partial charge on any atom is -0.494 e. The average Bonchev–Trinajstić information content (AvgIpc) is 3.05. The molecule has 0 radical (unpaired) electrons. The molecule has 7 heteroatoms. The summed E-state index contributed by atoms with van der Waals surface area (Å²) in [6.45, 7) is 3.05. The smallest absolute Gasteiger partial charge is 0.322 e. The molecule has 150 valence electrons. The van der Waals surface area contributed by atoms with Gasteiger partial charge in [0.05, 0.1) is 18.1 Å². The number of urea groups is 1. The van der Waals surface area contributed by atoms with Crippen molar-refractivity contribution < 1.29 is 17.9 Å². The summed E-state index contributed by atoms with van der Waals surface area (Å²) in [6, 6.07) is 16.1. The number of rotatable bonds is 7. The van der Waals surface area contributed by atoms with Gasteiger partial charge in [-0.05, 0) is 42.7 Å². The number of para-hydroxylation sites is 1. The number of carbonyl (C=O) groups is 1. The average molecular weight is 403 g/mol.